The van der Waals surface area contributed by atoms with E-state index in [2.05, 4.69) is 15.3 Å². The molecule has 2 heterocycles. The van der Waals surface area contributed by atoms with Gasteiger partial charge in [-0.2, -0.15) is 26.3 Å². The SMILES string of the molecule is Nc1ncc(-c2cc(C(F)(F)F)cc(C(F)(F)F)c2)nc1NCc1ccco1. The number of anilines is 2. The average Bonchev–Trinajstić information content (AvgIpc) is 3.12. The molecule has 5 nitrogen and oxygen atoms in total. The van der Waals surface area contributed by atoms with Crippen LogP contribution in [0.3, 0.4) is 0 Å². The lowest BCUT2D eigenvalue weighted by atomic mass is 10.0. The first-order valence-corrected chi connectivity index (χ1v) is 7.72. The van der Waals surface area contributed by atoms with Crippen LogP contribution in [-0.4, -0.2) is 9.97 Å². The Balaban J connectivity index is 2.01. The molecule has 1 aromatic carbocycles. The predicted molar refractivity (Wildman–Crippen MR) is 87.9 cm³/mol. The van der Waals surface area contributed by atoms with Gasteiger partial charge in [0, 0.05) is 5.56 Å². The lowest BCUT2D eigenvalue weighted by Crippen LogP contribution is -2.11. The normalized spacial score (nSPS) is 12.2. The summed E-state index contributed by atoms with van der Waals surface area (Å²) in [4.78, 5) is 7.81. The number of hydrogen-bond donors (Lipinski definition) is 2. The minimum atomic E-state index is -4.96. The van der Waals surface area contributed by atoms with Gasteiger partial charge in [0.2, 0.25) is 0 Å². The van der Waals surface area contributed by atoms with Gasteiger partial charge in [-0.15, -0.1) is 0 Å². The molecule has 0 fully saturated rings. The highest BCUT2D eigenvalue weighted by atomic mass is 19.4. The Hall–Kier alpha value is -3.24. The zero-order valence-electron chi connectivity index (χ0n) is 13.9. The van der Waals surface area contributed by atoms with E-state index in [-0.39, 0.29) is 29.9 Å². The van der Waals surface area contributed by atoms with Crippen LogP contribution < -0.4 is 11.1 Å². The quantitative estimate of drug-likeness (QED) is 0.603. The molecule has 0 saturated carbocycles. The zero-order chi connectivity index (χ0) is 20.5. The van der Waals surface area contributed by atoms with Gasteiger partial charge in [-0.05, 0) is 30.3 Å². The van der Waals surface area contributed by atoms with Gasteiger partial charge in [-0.3, -0.25) is 0 Å². The summed E-state index contributed by atoms with van der Waals surface area (Å²) in [7, 11) is 0. The topological polar surface area (TPSA) is 77.0 Å². The average molecular weight is 402 g/mol. The molecule has 0 radical (unpaired) electrons. The number of aromatic nitrogens is 2. The van der Waals surface area contributed by atoms with Gasteiger partial charge in [-0.1, -0.05) is 0 Å². The van der Waals surface area contributed by atoms with Gasteiger partial charge < -0.3 is 15.5 Å². The molecule has 0 spiro atoms. The first-order valence-electron chi connectivity index (χ1n) is 7.72. The second kappa shape index (κ2) is 7.06. The fourth-order valence-electron chi connectivity index (χ4n) is 2.35. The Labute approximate surface area is 154 Å². The van der Waals surface area contributed by atoms with Crippen molar-refractivity contribution in [3.8, 4) is 11.3 Å². The van der Waals surface area contributed by atoms with Crippen molar-refractivity contribution in [3.63, 3.8) is 0 Å². The van der Waals surface area contributed by atoms with Crippen LogP contribution in [0.2, 0.25) is 0 Å². The maximum Gasteiger partial charge on any atom is 0.416 e. The van der Waals surface area contributed by atoms with Crippen LogP contribution >= 0.6 is 0 Å². The highest BCUT2D eigenvalue weighted by Gasteiger charge is 2.37. The second-order valence-corrected chi connectivity index (χ2v) is 5.72. The number of nitrogen functional groups attached to an aromatic ring is 1. The van der Waals surface area contributed by atoms with Crippen LogP contribution in [0.1, 0.15) is 16.9 Å². The zero-order valence-corrected chi connectivity index (χ0v) is 13.9. The monoisotopic (exact) mass is 402 g/mol. The molecule has 0 aliphatic heterocycles. The van der Waals surface area contributed by atoms with Gasteiger partial charge in [-0.25, -0.2) is 9.97 Å². The maximum atomic E-state index is 13.0. The van der Waals surface area contributed by atoms with Crippen molar-refractivity contribution in [3.05, 3.63) is 59.7 Å². The fraction of sp³-hybridized carbons (Fsp3) is 0.176. The van der Waals surface area contributed by atoms with Gasteiger partial charge in [0.05, 0.1) is 35.8 Å². The summed E-state index contributed by atoms with van der Waals surface area (Å²) in [5.41, 5.74) is 2.20. The number of benzene rings is 1. The molecule has 3 aromatic rings. The van der Waals surface area contributed by atoms with Crippen molar-refractivity contribution >= 4 is 11.6 Å². The summed E-state index contributed by atoms with van der Waals surface area (Å²) >= 11 is 0. The molecule has 2 aromatic heterocycles. The minimum Gasteiger partial charge on any atom is -0.467 e. The van der Waals surface area contributed by atoms with Crippen molar-refractivity contribution in [2.75, 3.05) is 11.1 Å². The molecular weight excluding hydrogens is 390 g/mol. The number of nitrogens with two attached hydrogens (primary N) is 1. The third-order valence-corrected chi connectivity index (χ3v) is 3.69. The molecule has 3 rings (SSSR count). The summed E-state index contributed by atoms with van der Waals surface area (Å²) in [5.74, 6) is 0.447. The van der Waals surface area contributed by atoms with E-state index in [0.29, 0.717) is 17.9 Å². The maximum absolute atomic E-state index is 13.0. The molecule has 0 atom stereocenters. The molecule has 148 valence electrons. The van der Waals surface area contributed by atoms with Crippen molar-refractivity contribution in [2.45, 2.75) is 18.9 Å². The largest absolute Gasteiger partial charge is 0.467 e. The van der Waals surface area contributed by atoms with E-state index in [0.717, 1.165) is 6.20 Å². The predicted octanol–water partition coefficient (Wildman–Crippen LogP) is 4.97. The highest BCUT2D eigenvalue weighted by Crippen LogP contribution is 2.38. The third kappa shape index (κ3) is 4.35. The Kier molecular flexibility index (Phi) is 4.92. The number of furan rings is 1. The van der Waals surface area contributed by atoms with Gasteiger partial charge in [0.25, 0.3) is 0 Å². The van der Waals surface area contributed by atoms with E-state index in [1.807, 2.05) is 0 Å². The number of halogens is 6. The van der Waals surface area contributed by atoms with Crippen LogP contribution in [0, 0.1) is 0 Å². The lowest BCUT2D eigenvalue weighted by molar-refractivity contribution is -0.143. The molecule has 0 aliphatic rings. The summed E-state index contributed by atoms with van der Waals surface area (Å²) in [6, 6.07) is 4.49. The minimum absolute atomic E-state index is 0.000120. The van der Waals surface area contributed by atoms with Gasteiger partial charge in [0.1, 0.15) is 5.76 Å². The van der Waals surface area contributed by atoms with Crippen molar-refractivity contribution in [1.82, 2.24) is 9.97 Å². The van der Waals surface area contributed by atoms with Gasteiger partial charge >= 0.3 is 12.4 Å². The van der Waals surface area contributed by atoms with Crippen molar-refractivity contribution in [2.24, 2.45) is 0 Å². The van der Waals surface area contributed by atoms with Crippen LogP contribution in [-0.2, 0) is 18.9 Å². The first kappa shape index (κ1) is 19.5. The fourth-order valence-corrected chi connectivity index (χ4v) is 2.35. The molecule has 0 bridgehead atoms. The lowest BCUT2D eigenvalue weighted by Gasteiger charge is -2.14. The number of hydrogen-bond acceptors (Lipinski definition) is 5. The molecule has 0 amide bonds. The van der Waals surface area contributed by atoms with E-state index in [1.54, 1.807) is 12.1 Å². The van der Waals surface area contributed by atoms with E-state index >= 15 is 0 Å². The third-order valence-electron chi connectivity index (χ3n) is 3.69. The van der Waals surface area contributed by atoms with Crippen LogP contribution in [0.25, 0.3) is 11.3 Å². The second-order valence-electron chi connectivity index (χ2n) is 5.72. The molecule has 0 saturated heterocycles. The Morgan fingerprint density at radius 3 is 2.18 bits per heavy atom. The van der Waals surface area contributed by atoms with E-state index in [9.17, 15) is 26.3 Å². The number of nitrogens with one attached hydrogen (secondary N) is 1. The summed E-state index contributed by atoms with van der Waals surface area (Å²) in [6.07, 6.45) is -7.48. The Bertz CT molecular complexity index is 935. The number of alkyl halides is 6. The molecule has 28 heavy (non-hydrogen) atoms. The summed E-state index contributed by atoms with van der Waals surface area (Å²) in [6.45, 7) is 0.145. The number of nitrogens with zero attached hydrogens (tertiary/aromatic N) is 2. The summed E-state index contributed by atoms with van der Waals surface area (Å²) < 4.78 is 83.3. The molecule has 11 heteroatoms. The molecule has 3 N–H and O–H groups in total. The van der Waals surface area contributed by atoms with E-state index < -0.39 is 29.0 Å². The van der Waals surface area contributed by atoms with Crippen LogP contribution in [0.5, 0.6) is 0 Å². The smallest absolute Gasteiger partial charge is 0.416 e. The Morgan fingerprint density at radius 1 is 1.00 bits per heavy atom. The molecule has 0 unspecified atom stereocenters. The first-order chi connectivity index (χ1) is 13.0. The molecule has 0 aliphatic carbocycles. The number of rotatable bonds is 4. The van der Waals surface area contributed by atoms with E-state index in [1.165, 1.54) is 6.26 Å². The van der Waals surface area contributed by atoms with E-state index in [4.69, 9.17) is 10.2 Å². The van der Waals surface area contributed by atoms with Crippen molar-refractivity contribution in [1.29, 1.82) is 0 Å². The van der Waals surface area contributed by atoms with Crippen LogP contribution in [0.4, 0.5) is 38.0 Å². The highest BCUT2D eigenvalue weighted by molar-refractivity contribution is 5.66. The standard InChI is InChI=1S/C17H12F6N4O/c18-16(19,20)10-4-9(5-11(6-10)17(21,22)23)13-8-25-14(24)15(27-13)26-7-12-2-1-3-28-12/h1-6,8H,7H2,(H2,24,25)(H,26,27). The Morgan fingerprint density at radius 2 is 1.64 bits per heavy atom. The summed E-state index contributed by atoms with van der Waals surface area (Å²) in [5, 5.41) is 2.78. The van der Waals surface area contributed by atoms with Crippen LogP contribution in [0.15, 0.2) is 47.2 Å². The van der Waals surface area contributed by atoms with Gasteiger partial charge in [0.15, 0.2) is 11.6 Å². The molecular formula is C17H12F6N4O. The van der Waals surface area contributed by atoms with Crippen molar-refractivity contribution < 1.29 is 30.8 Å².